The quantitative estimate of drug-likeness (QED) is 0.118. The van der Waals surface area contributed by atoms with Crippen LogP contribution >= 0.6 is 24.4 Å². The van der Waals surface area contributed by atoms with Gasteiger partial charge in [0.15, 0.2) is 0 Å². The molecule has 12 nitrogen and oxygen atoms in total. The Balaban J connectivity index is 1.84. The first-order chi connectivity index (χ1) is 18.7. The number of thiol groups is 1. The van der Waals surface area contributed by atoms with Gasteiger partial charge in [-0.05, 0) is 30.1 Å². The average molecular weight is 576 g/mol. The number of thioether (sulfide) groups is 1. The lowest BCUT2D eigenvalue weighted by Crippen LogP contribution is -2.58. The van der Waals surface area contributed by atoms with E-state index in [1.807, 2.05) is 30.5 Å². The minimum atomic E-state index is -1.26. The molecule has 4 unspecified atom stereocenters. The lowest BCUT2D eigenvalue weighted by Gasteiger charge is -2.25. The van der Waals surface area contributed by atoms with Crippen molar-refractivity contribution in [1.29, 1.82) is 0 Å². The Kier molecular flexibility index (Phi) is 11.3. The van der Waals surface area contributed by atoms with Crippen LogP contribution in [0.1, 0.15) is 17.7 Å². The number of aliphatic carboxylic acids is 1. The second-order valence-corrected chi connectivity index (χ2v) is 10.3. The third-order valence-corrected chi connectivity index (χ3v) is 7.14. The average Bonchev–Trinajstić information content (AvgIpc) is 3.59. The number of nitrogens with one attached hydrogen (secondary N) is 5. The molecule has 3 rings (SSSR count). The molecule has 2 heterocycles. The van der Waals surface area contributed by atoms with Crippen LogP contribution in [-0.4, -0.2) is 85.7 Å². The van der Waals surface area contributed by atoms with Crippen molar-refractivity contribution >= 4 is 59.0 Å². The van der Waals surface area contributed by atoms with Crippen LogP contribution in [-0.2, 0) is 32.0 Å². The van der Waals surface area contributed by atoms with Gasteiger partial charge in [0, 0.05) is 47.6 Å². The van der Waals surface area contributed by atoms with Gasteiger partial charge in [-0.15, -0.1) is 0 Å². The molecule has 2 aromatic heterocycles. The topological polar surface area (TPSA) is 195 Å². The molecule has 3 aromatic rings. The first kappa shape index (κ1) is 30.1. The molecule has 0 fully saturated rings. The van der Waals surface area contributed by atoms with Crippen molar-refractivity contribution in [3.05, 3.63) is 54.2 Å². The van der Waals surface area contributed by atoms with E-state index in [9.17, 15) is 24.3 Å². The molecule has 0 bridgehead atoms. The molecular formula is C25H33N7O5S2. The molecular weight excluding hydrogens is 542 g/mol. The molecule has 39 heavy (non-hydrogen) atoms. The fourth-order valence-electron chi connectivity index (χ4n) is 3.96. The van der Waals surface area contributed by atoms with E-state index in [1.165, 1.54) is 24.3 Å². The maximum absolute atomic E-state index is 13.5. The fraction of sp³-hybridized carbons (Fsp3) is 0.400. The van der Waals surface area contributed by atoms with Crippen molar-refractivity contribution in [2.45, 2.75) is 43.4 Å². The number of nitrogens with zero attached hydrogens (tertiary/aromatic N) is 1. The highest BCUT2D eigenvalue weighted by Crippen LogP contribution is 2.19. The van der Waals surface area contributed by atoms with Crippen LogP contribution in [0.15, 0.2) is 43.0 Å². The Labute approximate surface area is 235 Å². The number of aromatic amines is 2. The zero-order valence-electron chi connectivity index (χ0n) is 21.3. The number of H-pyrrole nitrogens is 2. The van der Waals surface area contributed by atoms with Gasteiger partial charge in [-0.3, -0.25) is 14.4 Å². The van der Waals surface area contributed by atoms with Gasteiger partial charge in [0.25, 0.3) is 0 Å². The van der Waals surface area contributed by atoms with E-state index in [1.54, 1.807) is 6.20 Å². The number of rotatable bonds is 15. The molecule has 4 atom stereocenters. The van der Waals surface area contributed by atoms with Crippen molar-refractivity contribution in [2.24, 2.45) is 5.73 Å². The highest BCUT2D eigenvalue weighted by atomic mass is 32.2. The summed E-state index contributed by atoms with van der Waals surface area (Å²) in [4.78, 5) is 61.0. The predicted octanol–water partition coefficient (Wildman–Crippen LogP) is 0.225. The summed E-state index contributed by atoms with van der Waals surface area (Å²) in [5.74, 6) is -2.36. The molecule has 8 N–H and O–H groups in total. The van der Waals surface area contributed by atoms with Crippen LogP contribution in [0.5, 0.6) is 0 Å². The normalized spacial score (nSPS) is 14.2. The zero-order valence-corrected chi connectivity index (χ0v) is 23.1. The molecule has 0 aliphatic heterocycles. The third kappa shape index (κ3) is 8.50. The third-order valence-electron chi connectivity index (χ3n) is 6.10. The Hall–Kier alpha value is -3.49. The number of carboxylic acid groups (broad SMARTS) is 1. The van der Waals surface area contributed by atoms with E-state index < -0.39 is 47.9 Å². The number of fused-ring (bicyclic) bond motifs is 1. The number of para-hydroxylation sites is 1. The summed E-state index contributed by atoms with van der Waals surface area (Å²) < 4.78 is 0. The number of imidazole rings is 1. The number of aromatic nitrogens is 3. The van der Waals surface area contributed by atoms with Crippen molar-refractivity contribution in [3.8, 4) is 0 Å². The van der Waals surface area contributed by atoms with Gasteiger partial charge in [0.2, 0.25) is 17.7 Å². The number of carboxylic acids is 1. The maximum atomic E-state index is 13.5. The van der Waals surface area contributed by atoms with Crippen molar-refractivity contribution in [1.82, 2.24) is 30.9 Å². The van der Waals surface area contributed by atoms with Gasteiger partial charge in [0.1, 0.15) is 18.1 Å². The number of nitrogens with two attached hydrogens (primary N) is 1. The lowest BCUT2D eigenvalue weighted by atomic mass is 10.0. The Morgan fingerprint density at radius 1 is 1.03 bits per heavy atom. The van der Waals surface area contributed by atoms with Crippen LogP contribution in [0.4, 0.5) is 0 Å². The van der Waals surface area contributed by atoms with E-state index in [4.69, 9.17) is 5.73 Å². The fourth-order valence-corrected chi connectivity index (χ4v) is 4.59. The van der Waals surface area contributed by atoms with Crippen LogP contribution in [0.2, 0.25) is 0 Å². The standard InChI is InChI=1S/C25H33N7O5S2/c1-39-7-6-19(30-22(33)17(26)12-38)23(34)31-20(8-14-10-28-18-5-3-2-4-16(14)18)24(35)32-21(25(36)37)9-15-11-27-13-29-15/h2-5,10-11,13,17,19-21,28,38H,6-9,12,26H2,1H3,(H,27,29)(H,30,33)(H,31,34)(H,32,35)(H,36,37). The molecule has 0 radical (unpaired) electrons. The van der Waals surface area contributed by atoms with E-state index >= 15 is 0 Å². The summed E-state index contributed by atoms with van der Waals surface area (Å²) in [6.45, 7) is 0. The molecule has 0 aliphatic carbocycles. The zero-order chi connectivity index (χ0) is 28.4. The second-order valence-electron chi connectivity index (χ2n) is 8.94. The smallest absolute Gasteiger partial charge is 0.326 e. The van der Waals surface area contributed by atoms with Gasteiger partial charge in [-0.1, -0.05) is 18.2 Å². The molecule has 0 saturated carbocycles. The van der Waals surface area contributed by atoms with Crippen LogP contribution in [0.3, 0.4) is 0 Å². The minimum Gasteiger partial charge on any atom is -0.480 e. The summed E-state index contributed by atoms with van der Waals surface area (Å²) in [7, 11) is 0. The van der Waals surface area contributed by atoms with E-state index in [-0.39, 0.29) is 18.6 Å². The molecule has 1 aromatic carbocycles. The van der Waals surface area contributed by atoms with E-state index in [2.05, 4.69) is 43.5 Å². The van der Waals surface area contributed by atoms with Gasteiger partial charge in [-0.2, -0.15) is 24.4 Å². The SMILES string of the molecule is CSCCC(NC(=O)C(N)CS)C(=O)NC(Cc1c[nH]c2ccccc12)C(=O)NC(Cc1cnc[nH]1)C(=O)O. The first-order valence-electron chi connectivity index (χ1n) is 12.2. The molecule has 0 saturated heterocycles. The first-order valence-corrected chi connectivity index (χ1v) is 14.3. The summed E-state index contributed by atoms with van der Waals surface area (Å²) in [6.07, 6.45) is 6.86. The van der Waals surface area contributed by atoms with Crippen LogP contribution in [0, 0.1) is 0 Å². The predicted molar refractivity (Wildman–Crippen MR) is 153 cm³/mol. The second kappa shape index (κ2) is 14.6. The van der Waals surface area contributed by atoms with Gasteiger partial charge in [0.05, 0.1) is 12.4 Å². The highest BCUT2D eigenvalue weighted by molar-refractivity contribution is 7.98. The van der Waals surface area contributed by atoms with Gasteiger partial charge < -0.3 is 36.8 Å². The van der Waals surface area contributed by atoms with Crippen LogP contribution < -0.4 is 21.7 Å². The molecule has 14 heteroatoms. The Bertz CT molecular complexity index is 1270. The van der Waals surface area contributed by atoms with Crippen molar-refractivity contribution in [2.75, 3.05) is 17.8 Å². The van der Waals surface area contributed by atoms with Crippen LogP contribution in [0.25, 0.3) is 10.9 Å². The van der Waals surface area contributed by atoms with Gasteiger partial charge >= 0.3 is 5.97 Å². The number of hydrogen-bond donors (Lipinski definition) is 8. The summed E-state index contributed by atoms with van der Waals surface area (Å²) in [6, 6.07) is 3.25. The summed E-state index contributed by atoms with van der Waals surface area (Å²) in [5.41, 5.74) is 7.91. The van der Waals surface area contributed by atoms with E-state index in [0.717, 1.165) is 16.5 Å². The minimum absolute atomic E-state index is 0.0250. The monoisotopic (exact) mass is 575 g/mol. The largest absolute Gasteiger partial charge is 0.480 e. The van der Waals surface area contributed by atoms with Crippen molar-refractivity contribution < 1.29 is 24.3 Å². The Morgan fingerprint density at radius 2 is 1.72 bits per heavy atom. The highest BCUT2D eigenvalue weighted by Gasteiger charge is 2.31. The van der Waals surface area contributed by atoms with Gasteiger partial charge in [-0.25, -0.2) is 9.78 Å². The number of carbonyl (C=O) groups is 4. The maximum Gasteiger partial charge on any atom is 0.326 e. The number of carbonyl (C=O) groups excluding carboxylic acids is 3. The molecule has 3 amide bonds. The Morgan fingerprint density at radius 3 is 2.38 bits per heavy atom. The number of hydrogen-bond acceptors (Lipinski definition) is 8. The van der Waals surface area contributed by atoms with Crippen molar-refractivity contribution in [3.63, 3.8) is 0 Å². The molecule has 0 spiro atoms. The lowest BCUT2D eigenvalue weighted by molar-refractivity contribution is -0.142. The molecule has 0 aliphatic rings. The molecule has 210 valence electrons. The van der Waals surface area contributed by atoms with E-state index in [0.29, 0.717) is 17.9 Å². The summed E-state index contributed by atoms with van der Waals surface area (Å²) >= 11 is 5.54. The number of amides is 3. The number of benzene rings is 1. The summed E-state index contributed by atoms with van der Waals surface area (Å²) in [5, 5.41) is 18.5.